The van der Waals surface area contributed by atoms with E-state index in [1.165, 1.54) is 0 Å². The Morgan fingerprint density at radius 2 is 2.12 bits per heavy atom. The van der Waals surface area contributed by atoms with Gasteiger partial charge >= 0.3 is 0 Å². The van der Waals surface area contributed by atoms with E-state index in [0.29, 0.717) is 6.42 Å². The molecule has 0 saturated heterocycles. The number of hydrogen-bond acceptors (Lipinski definition) is 3. The first-order valence-corrected chi connectivity index (χ1v) is 5.56. The Morgan fingerprint density at radius 3 is 2.69 bits per heavy atom. The van der Waals surface area contributed by atoms with Crippen LogP contribution in [0.15, 0.2) is 12.2 Å². The van der Waals surface area contributed by atoms with E-state index in [2.05, 4.69) is 30.4 Å². The highest BCUT2D eigenvalue weighted by atomic mass is 14.6. The molecule has 5 atom stereocenters. The molecule has 0 amide bonds. The van der Waals surface area contributed by atoms with Crippen molar-refractivity contribution in [2.24, 2.45) is 29.1 Å². The molecule has 0 aliphatic heterocycles. The number of allylic oxidation sites excluding steroid dienone is 2. The number of nitriles is 3. The molecule has 2 aliphatic rings. The maximum atomic E-state index is 9.44. The molecule has 0 spiro atoms. The Hall–Kier alpha value is -1.79. The lowest BCUT2D eigenvalue weighted by molar-refractivity contribution is 0.225. The van der Waals surface area contributed by atoms with Gasteiger partial charge in [0.15, 0.2) is 0 Å². The fourth-order valence-electron chi connectivity index (χ4n) is 3.21. The quantitative estimate of drug-likeness (QED) is 0.658. The molecule has 2 bridgehead atoms. The summed E-state index contributed by atoms with van der Waals surface area (Å²) >= 11 is 0. The van der Waals surface area contributed by atoms with Crippen LogP contribution in [0.1, 0.15) is 19.8 Å². The number of fused-ring (bicyclic) bond motifs is 2. The second kappa shape index (κ2) is 3.66. The molecule has 1 saturated carbocycles. The summed E-state index contributed by atoms with van der Waals surface area (Å²) in [5.41, 5.74) is -0.622. The van der Waals surface area contributed by atoms with Crippen molar-refractivity contribution in [3.05, 3.63) is 12.2 Å². The van der Waals surface area contributed by atoms with E-state index >= 15 is 0 Å². The van der Waals surface area contributed by atoms with Gasteiger partial charge in [0.05, 0.1) is 29.5 Å². The van der Waals surface area contributed by atoms with Crippen molar-refractivity contribution in [2.75, 3.05) is 0 Å². The molecule has 1 fully saturated rings. The third-order valence-corrected chi connectivity index (χ3v) is 3.97. The highest BCUT2D eigenvalue weighted by Crippen LogP contribution is 2.58. The minimum atomic E-state index is -0.622. The molecular weight excluding hydrogens is 198 g/mol. The molecule has 0 aromatic carbocycles. The van der Waals surface area contributed by atoms with Crippen molar-refractivity contribution in [2.45, 2.75) is 19.8 Å². The maximum Gasteiger partial charge on any atom is 0.0812 e. The van der Waals surface area contributed by atoms with Crippen LogP contribution in [0, 0.1) is 63.1 Å². The van der Waals surface area contributed by atoms with Crippen molar-refractivity contribution in [1.29, 1.82) is 15.8 Å². The highest BCUT2D eigenvalue weighted by Gasteiger charge is 2.57. The Balaban J connectivity index is 2.35. The van der Waals surface area contributed by atoms with Crippen LogP contribution < -0.4 is 0 Å². The van der Waals surface area contributed by atoms with Gasteiger partial charge in [0.1, 0.15) is 0 Å². The predicted molar refractivity (Wildman–Crippen MR) is 57.3 cm³/mol. The maximum absolute atomic E-state index is 9.44. The van der Waals surface area contributed by atoms with Crippen molar-refractivity contribution < 1.29 is 0 Å². The average molecular weight is 211 g/mol. The van der Waals surface area contributed by atoms with E-state index < -0.39 is 5.41 Å². The molecule has 0 heterocycles. The van der Waals surface area contributed by atoms with Crippen LogP contribution in [-0.4, -0.2) is 0 Å². The molecule has 80 valence electrons. The van der Waals surface area contributed by atoms with Crippen LogP contribution in [0.2, 0.25) is 0 Å². The fraction of sp³-hybridized carbons (Fsp3) is 0.615. The largest absolute Gasteiger partial charge is 0.198 e. The van der Waals surface area contributed by atoms with Gasteiger partial charge in [-0.25, -0.2) is 0 Å². The van der Waals surface area contributed by atoms with E-state index in [-0.39, 0.29) is 23.7 Å². The Morgan fingerprint density at radius 1 is 1.38 bits per heavy atom. The molecule has 16 heavy (non-hydrogen) atoms. The zero-order valence-corrected chi connectivity index (χ0v) is 9.22. The van der Waals surface area contributed by atoms with Crippen LogP contribution in [0.5, 0.6) is 0 Å². The lowest BCUT2D eigenvalue weighted by Crippen LogP contribution is -2.34. The van der Waals surface area contributed by atoms with Gasteiger partial charge < -0.3 is 0 Å². The van der Waals surface area contributed by atoms with Crippen molar-refractivity contribution in [3.63, 3.8) is 0 Å². The Kier molecular flexibility index (Phi) is 2.45. The number of rotatable bonds is 2. The molecule has 0 radical (unpaired) electrons. The lowest BCUT2D eigenvalue weighted by atomic mass is 9.66. The number of hydrogen-bond donors (Lipinski definition) is 0. The molecule has 0 N–H and O–H groups in total. The van der Waals surface area contributed by atoms with Crippen LogP contribution >= 0.6 is 0 Å². The molecule has 0 aromatic heterocycles. The normalized spacial score (nSPS) is 41.0. The van der Waals surface area contributed by atoms with Crippen LogP contribution in [0.3, 0.4) is 0 Å². The lowest BCUT2D eigenvalue weighted by Gasteiger charge is -2.32. The Labute approximate surface area is 95.6 Å². The first-order chi connectivity index (χ1) is 7.67. The standard InChI is InChI=1S/C13H13N3/c1-9(6-14)5-13(8-16)11-3-2-10(4-11)12(13)7-15/h2-3,9-12H,4-5H2,1H3. The van der Waals surface area contributed by atoms with Crippen molar-refractivity contribution >= 4 is 0 Å². The third-order valence-electron chi connectivity index (χ3n) is 3.97. The zero-order valence-electron chi connectivity index (χ0n) is 9.22. The molecular formula is C13H13N3. The topological polar surface area (TPSA) is 71.4 Å². The molecule has 5 unspecified atom stereocenters. The summed E-state index contributed by atoms with van der Waals surface area (Å²) in [5.74, 6) is -0.00459. The monoisotopic (exact) mass is 211 g/mol. The van der Waals surface area contributed by atoms with Gasteiger partial charge in [-0.1, -0.05) is 12.2 Å². The minimum absolute atomic E-state index is 0.164. The van der Waals surface area contributed by atoms with Gasteiger partial charge in [-0.15, -0.1) is 0 Å². The summed E-state index contributed by atoms with van der Waals surface area (Å²) in [5, 5.41) is 27.5. The molecule has 2 aliphatic carbocycles. The highest BCUT2D eigenvalue weighted by molar-refractivity contribution is 5.29. The second-order valence-electron chi connectivity index (χ2n) is 4.88. The summed E-state index contributed by atoms with van der Waals surface area (Å²) in [7, 11) is 0. The molecule has 0 aromatic rings. The third kappa shape index (κ3) is 1.24. The second-order valence-corrected chi connectivity index (χ2v) is 4.88. The van der Waals surface area contributed by atoms with E-state index in [1.807, 2.05) is 6.92 Å². The summed E-state index contributed by atoms with van der Waals surface area (Å²) in [4.78, 5) is 0. The molecule has 3 heteroatoms. The first kappa shape index (κ1) is 10.7. The van der Waals surface area contributed by atoms with Gasteiger partial charge in [-0.2, -0.15) is 15.8 Å². The summed E-state index contributed by atoms with van der Waals surface area (Å²) < 4.78 is 0. The van der Waals surface area contributed by atoms with Crippen molar-refractivity contribution in [1.82, 2.24) is 0 Å². The van der Waals surface area contributed by atoms with E-state index in [1.54, 1.807) is 0 Å². The Bertz CT molecular complexity index is 445. The van der Waals surface area contributed by atoms with E-state index in [9.17, 15) is 10.5 Å². The van der Waals surface area contributed by atoms with Gasteiger partial charge in [0.2, 0.25) is 0 Å². The predicted octanol–water partition coefficient (Wildman–Crippen LogP) is 2.39. The summed E-state index contributed by atoms with van der Waals surface area (Å²) in [6, 6.07) is 6.80. The smallest absolute Gasteiger partial charge is 0.0812 e. The van der Waals surface area contributed by atoms with Crippen LogP contribution in [0.4, 0.5) is 0 Å². The van der Waals surface area contributed by atoms with E-state index in [4.69, 9.17) is 5.26 Å². The summed E-state index contributed by atoms with van der Waals surface area (Å²) in [6.07, 6.45) is 5.55. The van der Waals surface area contributed by atoms with Gasteiger partial charge in [0.25, 0.3) is 0 Å². The van der Waals surface area contributed by atoms with Gasteiger partial charge in [-0.3, -0.25) is 0 Å². The fourth-order valence-corrected chi connectivity index (χ4v) is 3.21. The SMILES string of the molecule is CC(C#N)CC1(C#N)C2C=CC(C2)C1C#N. The first-order valence-electron chi connectivity index (χ1n) is 5.56. The molecule has 2 rings (SSSR count). The van der Waals surface area contributed by atoms with Crippen LogP contribution in [-0.2, 0) is 0 Å². The molecule has 3 nitrogen and oxygen atoms in total. The zero-order chi connectivity index (χ0) is 11.8. The van der Waals surface area contributed by atoms with Gasteiger partial charge in [-0.05, 0) is 31.6 Å². The average Bonchev–Trinajstić information content (AvgIpc) is 2.87. The van der Waals surface area contributed by atoms with E-state index in [0.717, 1.165) is 6.42 Å². The minimum Gasteiger partial charge on any atom is -0.198 e. The van der Waals surface area contributed by atoms with Crippen LogP contribution in [0.25, 0.3) is 0 Å². The van der Waals surface area contributed by atoms with Crippen molar-refractivity contribution in [3.8, 4) is 18.2 Å². The van der Waals surface area contributed by atoms with Gasteiger partial charge in [0, 0.05) is 5.92 Å². The number of nitrogens with zero attached hydrogens (tertiary/aromatic N) is 3. The summed E-state index contributed by atoms with van der Waals surface area (Å²) in [6.45, 7) is 1.82.